The molecule has 102 valence electrons. The summed E-state index contributed by atoms with van der Waals surface area (Å²) in [5, 5.41) is 17.6. The van der Waals surface area contributed by atoms with Crippen LogP contribution < -0.4 is 0 Å². The number of hydrogen-bond acceptors (Lipinski definition) is 5. The molecule has 0 aliphatic carbocycles. The number of ether oxygens (including phenoxy) is 3. The highest BCUT2D eigenvalue weighted by Gasteiger charge is 1.94. The molecule has 5 nitrogen and oxygen atoms in total. The van der Waals surface area contributed by atoms with Gasteiger partial charge in [0, 0.05) is 0 Å². The van der Waals surface area contributed by atoms with Crippen molar-refractivity contribution < 1.29 is 24.4 Å². The largest absolute Gasteiger partial charge is 0.508 e. The van der Waals surface area contributed by atoms with Gasteiger partial charge in [0.1, 0.15) is 5.75 Å². The number of phenolic OH excluding ortho intramolecular Hbond substituents is 1. The fourth-order valence-corrected chi connectivity index (χ4v) is 1.29. The highest BCUT2D eigenvalue weighted by Crippen LogP contribution is 2.10. The molecule has 0 aromatic heterocycles. The van der Waals surface area contributed by atoms with E-state index in [1.807, 2.05) is 12.1 Å². The summed E-state index contributed by atoms with van der Waals surface area (Å²) in [6, 6.07) is 6.90. The third-order valence-corrected chi connectivity index (χ3v) is 2.18. The SMILES string of the molecule is OCCOCCOCCOCc1ccc(O)cc1. The van der Waals surface area contributed by atoms with E-state index in [1.54, 1.807) is 12.1 Å². The van der Waals surface area contributed by atoms with Gasteiger partial charge >= 0.3 is 0 Å². The average molecular weight is 256 g/mol. The number of aliphatic hydroxyl groups excluding tert-OH is 1. The molecule has 0 atom stereocenters. The van der Waals surface area contributed by atoms with Crippen LogP contribution in [0.3, 0.4) is 0 Å². The first kappa shape index (κ1) is 14.9. The summed E-state index contributed by atoms with van der Waals surface area (Å²) >= 11 is 0. The van der Waals surface area contributed by atoms with E-state index in [-0.39, 0.29) is 12.4 Å². The van der Waals surface area contributed by atoms with Crippen molar-refractivity contribution in [3.63, 3.8) is 0 Å². The van der Waals surface area contributed by atoms with E-state index in [0.29, 0.717) is 39.6 Å². The standard InChI is InChI=1S/C13H20O5/c14-5-6-16-7-8-17-9-10-18-11-12-1-3-13(15)4-2-12/h1-4,14-15H,5-11H2. The van der Waals surface area contributed by atoms with Gasteiger partial charge in [0.05, 0.1) is 46.2 Å². The first-order chi connectivity index (χ1) is 8.83. The highest BCUT2D eigenvalue weighted by atomic mass is 16.5. The van der Waals surface area contributed by atoms with Crippen molar-refractivity contribution in [1.82, 2.24) is 0 Å². The number of aliphatic hydroxyl groups is 1. The molecule has 18 heavy (non-hydrogen) atoms. The van der Waals surface area contributed by atoms with E-state index in [4.69, 9.17) is 24.4 Å². The Morgan fingerprint density at radius 2 is 1.33 bits per heavy atom. The van der Waals surface area contributed by atoms with E-state index < -0.39 is 0 Å². The molecule has 1 rings (SSSR count). The monoisotopic (exact) mass is 256 g/mol. The quantitative estimate of drug-likeness (QED) is 0.610. The lowest BCUT2D eigenvalue weighted by molar-refractivity contribution is 0.00450. The first-order valence-corrected chi connectivity index (χ1v) is 5.95. The summed E-state index contributed by atoms with van der Waals surface area (Å²) in [5.41, 5.74) is 1.01. The van der Waals surface area contributed by atoms with Crippen molar-refractivity contribution in [3.05, 3.63) is 29.8 Å². The van der Waals surface area contributed by atoms with Gasteiger partial charge in [-0.15, -0.1) is 0 Å². The topological polar surface area (TPSA) is 68.2 Å². The molecule has 0 saturated carbocycles. The lowest BCUT2D eigenvalue weighted by atomic mass is 10.2. The van der Waals surface area contributed by atoms with Crippen LogP contribution >= 0.6 is 0 Å². The average Bonchev–Trinajstić information content (AvgIpc) is 2.39. The third-order valence-electron chi connectivity index (χ3n) is 2.18. The number of hydrogen-bond donors (Lipinski definition) is 2. The Labute approximate surface area is 107 Å². The second-order valence-corrected chi connectivity index (χ2v) is 3.67. The van der Waals surface area contributed by atoms with Crippen LogP contribution in [0.5, 0.6) is 5.75 Å². The summed E-state index contributed by atoms with van der Waals surface area (Å²) in [6.07, 6.45) is 0. The minimum Gasteiger partial charge on any atom is -0.508 e. The minimum absolute atomic E-state index is 0.0374. The van der Waals surface area contributed by atoms with Crippen molar-refractivity contribution in [1.29, 1.82) is 0 Å². The van der Waals surface area contributed by atoms with Crippen LogP contribution in [0.25, 0.3) is 0 Å². The summed E-state index contributed by atoms with van der Waals surface area (Å²) in [4.78, 5) is 0. The van der Waals surface area contributed by atoms with Gasteiger partial charge in [-0.05, 0) is 17.7 Å². The molecule has 0 radical (unpaired) electrons. The second-order valence-electron chi connectivity index (χ2n) is 3.67. The van der Waals surface area contributed by atoms with Crippen LogP contribution in [0, 0.1) is 0 Å². The second kappa shape index (κ2) is 9.85. The third kappa shape index (κ3) is 7.24. The Morgan fingerprint density at radius 3 is 1.94 bits per heavy atom. The Kier molecular flexibility index (Phi) is 8.16. The number of aromatic hydroxyl groups is 1. The van der Waals surface area contributed by atoms with Crippen molar-refractivity contribution in [2.24, 2.45) is 0 Å². The van der Waals surface area contributed by atoms with Crippen molar-refractivity contribution in [3.8, 4) is 5.75 Å². The van der Waals surface area contributed by atoms with Gasteiger partial charge in [0.25, 0.3) is 0 Å². The molecule has 0 bridgehead atoms. The molecule has 5 heteroatoms. The summed E-state index contributed by atoms with van der Waals surface area (Å²) in [5.74, 6) is 0.255. The Balaban J connectivity index is 1.91. The van der Waals surface area contributed by atoms with Crippen LogP contribution in [0.1, 0.15) is 5.56 Å². The van der Waals surface area contributed by atoms with E-state index in [9.17, 15) is 0 Å². The van der Waals surface area contributed by atoms with E-state index in [1.165, 1.54) is 0 Å². The maximum absolute atomic E-state index is 9.10. The van der Waals surface area contributed by atoms with Gasteiger partial charge in [0.15, 0.2) is 0 Å². The molecule has 0 aliphatic rings. The van der Waals surface area contributed by atoms with Gasteiger partial charge in [-0.3, -0.25) is 0 Å². The molecular weight excluding hydrogens is 236 g/mol. The van der Waals surface area contributed by atoms with Crippen LogP contribution in [0.2, 0.25) is 0 Å². The van der Waals surface area contributed by atoms with Crippen molar-refractivity contribution in [2.75, 3.05) is 39.6 Å². The molecule has 2 N–H and O–H groups in total. The zero-order valence-corrected chi connectivity index (χ0v) is 10.4. The number of rotatable bonds is 10. The molecule has 0 aliphatic heterocycles. The lowest BCUT2D eigenvalue weighted by Crippen LogP contribution is -2.10. The molecule has 0 spiro atoms. The zero-order chi connectivity index (χ0) is 13.1. The van der Waals surface area contributed by atoms with E-state index in [2.05, 4.69) is 0 Å². The number of phenols is 1. The molecular formula is C13H20O5. The molecule has 0 heterocycles. The summed E-state index contributed by atoms with van der Waals surface area (Å²) in [7, 11) is 0. The van der Waals surface area contributed by atoms with Gasteiger partial charge in [-0.25, -0.2) is 0 Å². The van der Waals surface area contributed by atoms with E-state index >= 15 is 0 Å². The van der Waals surface area contributed by atoms with Crippen molar-refractivity contribution in [2.45, 2.75) is 6.61 Å². The Morgan fingerprint density at radius 1 is 0.778 bits per heavy atom. The Hall–Kier alpha value is -1.14. The van der Waals surface area contributed by atoms with Gasteiger partial charge in [-0.2, -0.15) is 0 Å². The normalized spacial score (nSPS) is 10.7. The fraction of sp³-hybridized carbons (Fsp3) is 0.538. The molecule has 0 saturated heterocycles. The van der Waals surface area contributed by atoms with Gasteiger partial charge in [-0.1, -0.05) is 12.1 Å². The summed E-state index contributed by atoms with van der Waals surface area (Å²) in [6.45, 7) is 2.91. The molecule has 0 fully saturated rings. The molecule has 0 amide bonds. The molecule has 0 unspecified atom stereocenters. The first-order valence-electron chi connectivity index (χ1n) is 5.95. The van der Waals surface area contributed by atoms with Crippen LogP contribution in [-0.2, 0) is 20.8 Å². The molecule has 1 aromatic rings. The maximum atomic E-state index is 9.10. The van der Waals surface area contributed by atoms with Crippen LogP contribution in [-0.4, -0.2) is 49.9 Å². The highest BCUT2D eigenvalue weighted by molar-refractivity contribution is 5.25. The fourth-order valence-electron chi connectivity index (χ4n) is 1.29. The van der Waals surface area contributed by atoms with Crippen LogP contribution in [0.4, 0.5) is 0 Å². The molecule has 1 aromatic carbocycles. The van der Waals surface area contributed by atoms with E-state index in [0.717, 1.165) is 5.56 Å². The smallest absolute Gasteiger partial charge is 0.115 e. The van der Waals surface area contributed by atoms with Crippen LogP contribution in [0.15, 0.2) is 24.3 Å². The van der Waals surface area contributed by atoms with Gasteiger partial charge < -0.3 is 24.4 Å². The predicted octanol–water partition coefficient (Wildman–Crippen LogP) is 0.934. The maximum Gasteiger partial charge on any atom is 0.115 e. The van der Waals surface area contributed by atoms with Crippen molar-refractivity contribution >= 4 is 0 Å². The summed E-state index contributed by atoms with van der Waals surface area (Å²) < 4.78 is 15.7. The van der Waals surface area contributed by atoms with Gasteiger partial charge in [0.2, 0.25) is 0 Å². The Bertz CT molecular complexity index is 299. The zero-order valence-electron chi connectivity index (χ0n) is 10.4. The predicted molar refractivity (Wildman–Crippen MR) is 66.5 cm³/mol. The minimum atomic E-state index is 0.0374. The lowest BCUT2D eigenvalue weighted by Gasteiger charge is -2.06. The number of benzene rings is 1.